The predicted octanol–water partition coefficient (Wildman–Crippen LogP) is 7.24. The zero-order chi connectivity index (χ0) is 24.2. The van der Waals surface area contributed by atoms with Crippen LogP contribution in [0.15, 0.2) is 23.3 Å². The molecule has 0 aromatic heterocycles. The molecule has 0 bridgehead atoms. The van der Waals surface area contributed by atoms with Crippen LogP contribution < -0.4 is 0 Å². The smallest absolute Gasteiger partial charge is 0.302 e. The molecule has 0 radical (unpaired) electrons. The van der Waals surface area contributed by atoms with Crippen molar-refractivity contribution in [3.05, 3.63) is 23.3 Å². The van der Waals surface area contributed by atoms with Crippen LogP contribution in [0.2, 0.25) is 0 Å². The lowest BCUT2D eigenvalue weighted by Crippen LogP contribution is -2.56. The van der Waals surface area contributed by atoms with Gasteiger partial charge in [0.1, 0.15) is 6.10 Å². The number of hydrogen-bond donors (Lipinski definition) is 1. The van der Waals surface area contributed by atoms with E-state index in [-0.39, 0.29) is 17.5 Å². The number of carbonyl (C=O) groups is 1. The van der Waals surface area contributed by atoms with Gasteiger partial charge >= 0.3 is 5.97 Å². The summed E-state index contributed by atoms with van der Waals surface area (Å²) in [6.07, 6.45) is 14.2. The van der Waals surface area contributed by atoms with Gasteiger partial charge in [0.25, 0.3) is 0 Å². The Morgan fingerprint density at radius 1 is 1.09 bits per heavy atom. The zero-order valence-corrected chi connectivity index (χ0v) is 22.2. The Morgan fingerprint density at radius 2 is 1.82 bits per heavy atom. The minimum atomic E-state index is -0.813. The fraction of sp³-hybridized carbons (Fsp3) is 0.833. The summed E-state index contributed by atoms with van der Waals surface area (Å²) in [7, 11) is 0. The van der Waals surface area contributed by atoms with E-state index in [0.717, 1.165) is 42.9 Å². The fourth-order valence-corrected chi connectivity index (χ4v) is 8.18. The van der Waals surface area contributed by atoms with Crippen LogP contribution in [0.3, 0.4) is 0 Å². The van der Waals surface area contributed by atoms with Gasteiger partial charge < -0.3 is 9.84 Å². The number of rotatable bonds is 6. The summed E-state index contributed by atoms with van der Waals surface area (Å²) in [6, 6.07) is 0. The molecule has 33 heavy (non-hydrogen) atoms. The molecular weight excluding hydrogens is 408 g/mol. The van der Waals surface area contributed by atoms with E-state index in [9.17, 15) is 9.90 Å². The molecule has 4 aliphatic rings. The molecule has 3 heteroatoms. The van der Waals surface area contributed by atoms with Crippen LogP contribution in [0.5, 0.6) is 0 Å². The summed E-state index contributed by atoms with van der Waals surface area (Å²) >= 11 is 0. The van der Waals surface area contributed by atoms with Gasteiger partial charge in [-0.05, 0) is 84.7 Å². The Hall–Kier alpha value is -1.09. The third kappa shape index (κ3) is 4.15. The molecule has 1 N–H and O–H groups in total. The maximum absolute atomic E-state index is 11.8. The number of allylic oxidation sites excluding steroid dienone is 2. The molecule has 8 atom stereocenters. The number of esters is 1. The molecule has 0 aromatic rings. The standard InChI is InChI=1S/C30H48O3/c1-19(2)20(3)8-9-21(4)25-10-11-26-24-13-17-30(32)18-23(33-22(5)31)12-16-29(30,7)27(24)14-15-28(25,26)6/h13-14,19-21,23,25-26,32H,8-12,15-18H2,1-7H3/t20-,21+,23?,25?,26?,28?,29?,30+/m0/s1. The van der Waals surface area contributed by atoms with Crippen molar-refractivity contribution in [1.82, 2.24) is 0 Å². The van der Waals surface area contributed by atoms with Crippen LogP contribution in [0.4, 0.5) is 0 Å². The maximum atomic E-state index is 11.8. The van der Waals surface area contributed by atoms with Gasteiger partial charge in [0.15, 0.2) is 0 Å². The van der Waals surface area contributed by atoms with Crippen molar-refractivity contribution < 1.29 is 14.6 Å². The Balaban J connectivity index is 1.54. The molecule has 0 aromatic carbocycles. The van der Waals surface area contributed by atoms with Gasteiger partial charge in [0.05, 0.1) is 5.60 Å². The van der Waals surface area contributed by atoms with Crippen molar-refractivity contribution in [2.24, 2.45) is 40.4 Å². The molecule has 186 valence electrons. The molecular formula is C30H48O3. The second-order valence-electron chi connectivity index (χ2n) is 13.0. The van der Waals surface area contributed by atoms with E-state index < -0.39 is 5.60 Å². The molecule has 0 amide bonds. The van der Waals surface area contributed by atoms with E-state index in [0.29, 0.717) is 24.2 Å². The molecule has 2 saturated carbocycles. The highest BCUT2D eigenvalue weighted by Gasteiger charge is 2.60. The molecule has 4 rings (SSSR count). The summed E-state index contributed by atoms with van der Waals surface area (Å²) in [6.45, 7) is 15.9. The quantitative estimate of drug-likeness (QED) is 0.428. The highest BCUT2D eigenvalue weighted by molar-refractivity contribution is 5.66. The summed E-state index contributed by atoms with van der Waals surface area (Å²) in [5.41, 5.74) is 2.27. The monoisotopic (exact) mass is 456 g/mol. The van der Waals surface area contributed by atoms with Crippen LogP contribution >= 0.6 is 0 Å². The first-order valence-corrected chi connectivity index (χ1v) is 13.7. The molecule has 5 unspecified atom stereocenters. The minimum Gasteiger partial charge on any atom is -0.462 e. The van der Waals surface area contributed by atoms with Gasteiger partial charge in [0, 0.05) is 18.8 Å². The Kier molecular flexibility index (Phi) is 6.71. The van der Waals surface area contributed by atoms with E-state index in [1.807, 2.05) is 0 Å². The fourth-order valence-electron chi connectivity index (χ4n) is 8.18. The number of fused-ring (bicyclic) bond motifs is 5. The van der Waals surface area contributed by atoms with Crippen molar-refractivity contribution in [3.8, 4) is 0 Å². The summed E-state index contributed by atoms with van der Waals surface area (Å²) in [4.78, 5) is 11.5. The number of ether oxygens (including phenoxy) is 1. The van der Waals surface area contributed by atoms with Crippen molar-refractivity contribution in [1.29, 1.82) is 0 Å². The second kappa shape index (κ2) is 8.85. The highest BCUT2D eigenvalue weighted by Crippen LogP contribution is 2.65. The Labute approximate surface area is 202 Å². The average Bonchev–Trinajstić information content (AvgIpc) is 3.09. The van der Waals surface area contributed by atoms with E-state index in [4.69, 9.17) is 4.74 Å². The van der Waals surface area contributed by atoms with Gasteiger partial charge in [-0.1, -0.05) is 66.5 Å². The van der Waals surface area contributed by atoms with Crippen LogP contribution in [-0.4, -0.2) is 22.8 Å². The van der Waals surface area contributed by atoms with Crippen molar-refractivity contribution in [2.75, 3.05) is 0 Å². The average molecular weight is 457 g/mol. The zero-order valence-electron chi connectivity index (χ0n) is 22.2. The van der Waals surface area contributed by atoms with Gasteiger partial charge in [0.2, 0.25) is 0 Å². The first kappa shape index (κ1) is 25.0. The number of carbonyl (C=O) groups excluding carboxylic acids is 1. The van der Waals surface area contributed by atoms with Crippen molar-refractivity contribution in [2.45, 2.75) is 118 Å². The van der Waals surface area contributed by atoms with Gasteiger partial charge in [-0.25, -0.2) is 0 Å². The van der Waals surface area contributed by atoms with Crippen molar-refractivity contribution in [3.63, 3.8) is 0 Å². The second-order valence-corrected chi connectivity index (χ2v) is 13.0. The lowest BCUT2D eigenvalue weighted by molar-refractivity contribution is -0.163. The van der Waals surface area contributed by atoms with Gasteiger partial charge in [-0.2, -0.15) is 0 Å². The third-order valence-corrected chi connectivity index (χ3v) is 10.9. The molecule has 3 nitrogen and oxygen atoms in total. The molecule has 0 saturated heterocycles. The van der Waals surface area contributed by atoms with Crippen LogP contribution in [0.25, 0.3) is 0 Å². The lowest BCUT2D eigenvalue weighted by Gasteiger charge is -2.57. The Morgan fingerprint density at radius 3 is 2.48 bits per heavy atom. The van der Waals surface area contributed by atoms with Crippen molar-refractivity contribution >= 4 is 5.97 Å². The first-order chi connectivity index (χ1) is 15.4. The summed E-state index contributed by atoms with van der Waals surface area (Å²) < 4.78 is 5.53. The van der Waals surface area contributed by atoms with Crippen LogP contribution in [0.1, 0.15) is 106 Å². The van der Waals surface area contributed by atoms with E-state index >= 15 is 0 Å². The normalized spacial score (nSPS) is 41.9. The van der Waals surface area contributed by atoms with Gasteiger partial charge in [-0.3, -0.25) is 4.79 Å². The molecule has 2 fully saturated rings. The highest BCUT2D eigenvalue weighted by atomic mass is 16.5. The van der Waals surface area contributed by atoms with Crippen LogP contribution in [-0.2, 0) is 9.53 Å². The molecule has 4 aliphatic carbocycles. The largest absolute Gasteiger partial charge is 0.462 e. The number of hydrogen-bond acceptors (Lipinski definition) is 3. The maximum Gasteiger partial charge on any atom is 0.302 e. The van der Waals surface area contributed by atoms with Crippen LogP contribution in [0, 0.1) is 40.4 Å². The molecule has 0 aliphatic heterocycles. The third-order valence-electron chi connectivity index (χ3n) is 10.9. The minimum absolute atomic E-state index is 0.157. The van der Waals surface area contributed by atoms with E-state index in [1.54, 1.807) is 5.57 Å². The van der Waals surface area contributed by atoms with Gasteiger partial charge in [-0.15, -0.1) is 0 Å². The first-order valence-electron chi connectivity index (χ1n) is 13.7. The Bertz CT molecular complexity index is 824. The topological polar surface area (TPSA) is 46.5 Å². The summed E-state index contributed by atoms with van der Waals surface area (Å²) in [5, 5.41) is 11.8. The molecule has 0 heterocycles. The lowest BCUT2D eigenvalue weighted by atomic mass is 9.50. The molecule has 0 spiro atoms. The predicted molar refractivity (Wildman–Crippen MR) is 135 cm³/mol. The SMILES string of the molecule is CC(=O)OC1CCC2(C)C3=CCC4(C)C(CCC4[C@H](C)CC[C@H](C)C(C)C)C3=CC[C@@]2(O)C1. The van der Waals surface area contributed by atoms with E-state index in [2.05, 4.69) is 53.7 Å². The summed E-state index contributed by atoms with van der Waals surface area (Å²) in [5.74, 6) is 3.52. The number of aliphatic hydroxyl groups is 1. The van der Waals surface area contributed by atoms with E-state index in [1.165, 1.54) is 38.2 Å².